The van der Waals surface area contributed by atoms with Crippen molar-refractivity contribution in [3.8, 4) is 17.6 Å². The molecule has 48 heavy (non-hydrogen) atoms. The van der Waals surface area contributed by atoms with Gasteiger partial charge in [-0.1, -0.05) is 0 Å². The fourth-order valence-electron chi connectivity index (χ4n) is 6.76. The van der Waals surface area contributed by atoms with E-state index in [1.807, 2.05) is 26.8 Å². The summed E-state index contributed by atoms with van der Waals surface area (Å²) in [7, 11) is -2.55. The first-order chi connectivity index (χ1) is 22.7. The molecule has 3 aliphatic rings. The molecule has 1 spiro atoms. The van der Waals surface area contributed by atoms with Crippen molar-refractivity contribution in [2.45, 2.75) is 70.6 Å². The number of nitrogens with one attached hydrogen (secondary N) is 1. The lowest BCUT2D eigenvalue weighted by Crippen LogP contribution is -2.51. The van der Waals surface area contributed by atoms with Crippen LogP contribution < -0.4 is 15.0 Å². The number of carbonyl (C=O) groups is 1. The van der Waals surface area contributed by atoms with Gasteiger partial charge in [0.25, 0.3) is 5.56 Å². The molecule has 1 aromatic heterocycles. The molecule has 3 heterocycles. The van der Waals surface area contributed by atoms with Crippen LogP contribution >= 0.6 is 0 Å². The van der Waals surface area contributed by atoms with Crippen molar-refractivity contribution in [2.75, 3.05) is 38.0 Å². The van der Waals surface area contributed by atoms with E-state index in [0.29, 0.717) is 25.0 Å². The maximum Gasteiger partial charge on any atom is 0.410 e. The molecule has 0 radical (unpaired) electrons. The van der Waals surface area contributed by atoms with E-state index in [4.69, 9.17) is 14.2 Å². The molecular formula is C33H39FN6O7S. The lowest BCUT2D eigenvalue weighted by molar-refractivity contribution is -0.0241. The Morgan fingerprint density at radius 1 is 1.15 bits per heavy atom. The number of carbonyl (C=O) groups excluding carboxylic acids is 1. The lowest BCUT2D eigenvalue weighted by atomic mass is 9.60. The quantitative estimate of drug-likeness (QED) is 0.365. The zero-order valence-electron chi connectivity index (χ0n) is 27.4. The van der Waals surface area contributed by atoms with E-state index in [1.54, 1.807) is 15.5 Å². The van der Waals surface area contributed by atoms with Crippen LogP contribution in [0.5, 0.6) is 11.5 Å². The Labute approximate surface area is 278 Å². The van der Waals surface area contributed by atoms with Gasteiger partial charge in [0.2, 0.25) is 0 Å². The Hall–Kier alpha value is -4.26. The van der Waals surface area contributed by atoms with E-state index in [-0.39, 0.29) is 64.7 Å². The van der Waals surface area contributed by atoms with Crippen molar-refractivity contribution in [3.63, 3.8) is 0 Å². The third-order valence-electron chi connectivity index (χ3n) is 9.42. The number of benzene rings is 2. The van der Waals surface area contributed by atoms with Crippen LogP contribution in [-0.2, 0) is 19.7 Å². The van der Waals surface area contributed by atoms with Crippen LogP contribution in [0, 0.1) is 22.6 Å². The van der Waals surface area contributed by atoms with Crippen molar-refractivity contribution < 1.29 is 31.8 Å². The molecule has 1 saturated carbocycles. The minimum absolute atomic E-state index is 0.0422. The summed E-state index contributed by atoms with van der Waals surface area (Å²) >= 11 is 0. The Bertz CT molecular complexity index is 1940. The van der Waals surface area contributed by atoms with Gasteiger partial charge in [-0.2, -0.15) is 18.0 Å². The number of ether oxygens (including phenoxy) is 3. The summed E-state index contributed by atoms with van der Waals surface area (Å²) < 4.78 is 62.9. The molecule has 1 amide bonds. The van der Waals surface area contributed by atoms with Crippen LogP contribution in [0.2, 0.25) is 0 Å². The molecule has 1 aliphatic carbocycles. The minimum atomic E-state index is -4.06. The zero-order valence-corrected chi connectivity index (χ0v) is 28.2. The predicted octanol–water partition coefficient (Wildman–Crippen LogP) is 4.93. The van der Waals surface area contributed by atoms with Gasteiger partial charge < -0.3 is 19.1 Å². The first-order valence-electron chi connectivity index (χ1n) is 15.9. The number of nitrogens with zero attached hydrogens (tertiary/aromatic N) is 5. The fourth-order valence-corrected chi connectivity index (χ4v) is 8.04. The molecule has 13 nitrogen and oxygen atoms in total. The fraction of sp³-hybridized carbons (Fsp3) is 0.515. The number of nitriles is 1. The van der Waals surface area contributed by atoms with Crippen LogP contribution in [0.1, 0.15) is 64.5 Å². The Morgan fingerprint density at radius 3 is 2.52 bits per heavy atom. The normalized spacial score (nSPS) is 20.0. The monoisotopic (exact) mass is 682 g/mol. The highest BCUT2D eigenvalue weighted by Crippen LogP contribution is 2.54. The topological polar surface area (TPSA) is 156 Å². The van der Waals surface area contributed by atoms with E-state index >= 15 is 4.39 Å². The molecule has 6 rings (SSSR count). The van der Waals surface area contributed by atoms with Gasteiger partial charge in [0.15, 0.2) is 11.6 Å². The maximum atomic E-state index is 15.1. The predicted molar refractivity (Wildman–Crippen MR) is 174 cm³/mol. The zero-order chi connectivity index (χ0) is 34.4. The minimum Gasteiger partial charge on any atom is -0.453 e. The maximum absolute atomic E-state index is 15.1. The summed E-state index contributed by atoms with van der Waals surface area (Å²) in [5, 5.41) is 10.2. The second-order valence-electron chi connectivity index (χ2n) is 13.8. The van der Waals surface area contributed by atoms with Gasteiger partial charge in [0.05, 0.1) is 29.0 Å². The van der Waals surface area contributed by atoms with Crippen molar-refractivity contribution in [1.82, 2.24) is 18.8 Å². The molecular weight excluding hydrogens is 643 g/mol. The third-order valence-corrected chi connectivity index (χ3v) is 10.9. The van der Waals surface area contributed by atoms with E-state index < -0.39 is 27.4 Å². The number of halogens is 1. The average Bonchev–Trinajstić information content (AvgIpc) is 3.52. The largest absolute Gasteiger partial charge is 0.453 e. The number of hydrogen-bond acceptors (Lipinski definition) is 9. The first kappa shape index (κ1) is 33.6. The summed E-state index contributed by atoms with van der Waals surface area (Å²) in [4.78, 5) is 32.4. The first-order valence-corrected chi connectivity index (χ1v) is 17.3. The van der Waals surface area contributed by atoms with Gasteiger partial charge in [-0.05, 0) is 88.6 Å². The SMILES string of the molecule is CO[C@H]1CCN(S(=O)(=O)Nc2ccc(F)c(Oc3ccc4ncn(C5CC6(CCN(C(=O)OC(C)(C)C)CC6)C5)c(=O)c4c3)c2C#N)C1. The Kier molecular flexibility index (Phi) is 8.86. The van der Waals surface area contributed by atoms with Gasteiger partial charge >= 0.3 is 16.3 Å². The summed E-state index contributed by atoms with van der Waals surface area (Å²) in [5.74, 6) is -1.27. The molecule has 3 fully saturated rings. The number of piperidine rings is 1. The molecule has 256 valence electrons. The molecule has 3 aromatic rings. The number of rotatable bonds is 7. The van der Waals surface area contributed by atoms with Crippen LogP contribution in [0.25, 0.3) is 10.9 Å². The molecule has 0 bridgehead atoms. The average molecular weight is 683 g/mol. The van der Waals surface area contributed by atoms with Gasteiger partial charge in [-0.3, -0.25) is 14.1 Å². The van der Waals surface area contributed by atoms with Gasteiger partial charge in [0, 0.05) is 39.3 Å². The summed E-state index contributed by atoms with van der Waals surface area (Å²) in [5.41, 5.74) is -0.857. The van der Waals surface area contributed by atoms with Crippen LogP contribution in [0.3, 0.4) is 0 Å². The number of anilines is 1. The molecule has 1 N–H and O–H groups in total. The van der Waals surface area contributed by atoms with Crippen molar-refractivity contribution in [1.29, 1.82) is 5.26 Å². The molecule has 2 saturated heterocycles. The number of aromatic nitrogens is 2. The highest BCUT2D eigenvalue weighted by atomic mass is 32.2. The molecule has 15 heteroatoms. The second-order valence-corrected chi connectivity index (χ2v) is 15.5. The standard InChI is InChI=1S/C33H39FN6O7S/c1-32(2,3)47-31(42)38-13-10-33(11-14-38)16-21(17-33)40-20-36-27-7-5-22(15-24(27)30(40)41)46-29-25(18-35)28(8-6-26(29)34)37-48(43,44)39-12-9-23(19-39)45-4/h5-8,15,20-21,23,37H,9-14,16-17,19H2,1-4H3/t23-/m0/s1. The van der Waals surface area contributed by atoms with Crippen LogP contribution in [-0.4, -0.2) is 78.3 Å². The molecule has 0 unspecified atom stereocenters. The van der Waals surface area contributed by atoms with Crippen LogP contribution in [0.4, 0.5) is 14.9 Å². The highest BCUT2D eigenvalue weighted by molar-refractivity contribution is 7.90. The second kappa shape index (κ2) is 12.6. The van der Waals surface area contributed by atoms with Gasteiger partial charge in [-0.25, -0.2) is 14.2 Å². The Morgan fingerprint density at radius 2 is 1.88 bits per heavy atom. The Balaban J connectivity index is 1.18. The smallest absolute Gasteiger partial charge is 0.410 e. The van der Waals surface area contributed by atoms with Crippen molar-refractivity contribution in [3.05, 3.63) is 58.4 Å². The van der Waals surface area contributed by atoms with Crippen molar-refractivity contribution >= 4 is 32.9 Å². The van der Waals surface area contributed by atoms with E-state index in [9.17, 15) is 23.3 Å². The molecule has 2 aliphatic heterocycles. The van der Waals surface area contributed by atoms with Gasteiger partial charge in [0.1, 0.15) is 23.0 Å². The summed E-state index contributed by atoms with van der Waals surface area (Å²) in [6, 6.07) is 8.48. The highest BCUT2D eigenvalue weighted by Gasteiger charge is 2.47. The molecule has 2 aromatic carbocycles. The summed E-state index contributed by atoms with van der Waals surface area (Å²) in [6.45, 7) is 7.12. The van der Waals surface area contributed by atoms with Crippen LogP contribution in [0.15, 0.2) is 41.5 Å². The van der Waals surface area contributed by atoms with Gasteiger partial charge in [-0.15, -0.1) is 0 Å². The van der Waals surface area contributed by atoms with E-state index in [0.717, 1.165) is 37.8 Å². The summed E-state index contributed by atoms with van der Waals surface area (Å²) in [6.07, 6.45) is 4.72. The number of amides is 1. The number of fused-ring (bicyclic) bond motifs is 1. The third kappa shape index (κ3) is 6.69. The molecule has 1 atom stereocenters. The number of methoxy groups -OCH3 is 1. The lowest BCUT2D eigenvalue weighted by Gasteiger charge is -2.52. The van der Waals surface area contributed by atoms with E-state index in [1.165, 1.54) is 29.9 Å². The number of hydrogen-bond donors (Lipinski definition) is 1. The van der Waals surface area contributed by atoms with E-state index in [2.05, 4.69) is 9.71 Å². The number of likely N-dealkylation sites (tertiary alicyclic amines) is 1. The van der Waals surface area contributed by atoms with Crippen molar-refractivity contribution in [2.24, 2.45) is 5.41 Å².